The van der Waals surface area contributed by atoms with Gasteiger partial charge in [0.1, 0.15) is 11.6 Å². The van der Waals surface area contributed by atoms with E-state index in [0.717, 1.165) is 6.07 Å². The van der Waals surface area contributed by atoms with Gasteiger partial charge >= 0.3 is 6.18 Å². The van der Waals surface area contributed by atoms with Crippen LogP contribution in [0.25, 0.3) is 0 Å². The van der Waals surface area contributed by atoms with Crippen molar-refractivity contribution in [2.75, 3.05) is 7.11 Å². The van der Waals surface area contributed by atoms with E-state index in [1.165, 1.54) is 13.3 Å². The molecule has 1 aromatic carbocycles. The summed E-state index contributed by atoms with van der Waals surface area (Å²) in [5, 5.41) is 2.43. The van der Waals surface area contributed by atoms with E-state index >= 15 is 0 Å². The smallest absolute Gasteiger partial charge is 0.416 e. The van der Waals surface area contributed by atoms with Gasteiger partial charge in [-0.15, -0.1) is 0 Å². The van der Waals surface area contributed by atoms with Gasteiger partial charge < -0.3 is 10.1 Å². The Morgan fingerprint density at radius 2 is 1.85 bits per heavy atom. The molecule has 0 aliphatic heterocycles. The first-order valence-electron chi connectivity index (χ1n) is 8.12. The largest absolute Gasteiger partial charge is 0.494 e. The van der Waals surface area contributed by atoms with E-state index in [1.54, 1.807) is 6.07 Å². The van der Waals surface area contributed by atoms with Crippen molar-refractivity contribution in [1.29, 1.82) is 0 Å². The van der Waals surface area contributed by atoms with E-state index < -0.39 is 30.0 Å². The summed E-state index contributed by atoms with van der Waals surface area (Å²) >= 11 is 0. The Labute approximate surface area is 154 Å². The molecule has 8 heteroatoms. The number of nitrogens with zero attached hydrogens (tertiary/aromatic N) is 1. The van der Waals surface area contributed by atoms with Crippen molar-refractivity contribution in [3.05, 3.63) is 58.7 Å². The topological polar surface area (TPSA) is 51.2 Å². The molecular weight excluding hydrogens is 364 g/mol. The predicted molar refractivity (Wildman–Crippen MR) is 92.1 cm³/mol. The zero-order valence-corrected chi connectivity index (χ0v) is 15.4. The minimum atomic E-state index is -4.59. The van der Waals surface area contributed by atoms with E-state index in [1.807, 2.05) is 20.8 Å². The molecule has 1 aromatic heterocycles. The zero-order valence-electron chi connectivity index (χ0n) is 15.4. The number of alkyl halides is 3. The number of carbonyl (C=O) groups is 1. The maximum absolute atomic E-state index is 13.8. The van der Waals surface area contributed by atoms with Crippen molar-refractivity contribution in [3.8, 4) is 5.75 Å². The summed E-state index contributed by atoms with van der Waals surface area (Å²) in [6.45, 7) is 5.36. The second-order valence-corrected chi connectivity index (χ2v) is 7.01. The highest BCUT2D eigenvalue weighted by atomic mass is 19.4. The molecule has 0 aliphatic rings. The first kappa shape index (κ1) is 20.7. The Kier molecular flexibility index (Phi) is 5.77. The molecule has 0 fully saturated rings. The Morgan fingerprint density at radius 3 is 2.41 bits per heavy atom. The van der Waals surface area contributed by atoms with Gasteiger partial charge in [0.05, 0.1) is 24.4 Å². The van der Waals surface area contributed by atoms with Crippen LogP contribution in [0.5, 0.6) is 5.75 Å². The zero-order chi connectivity index (χ0) is 20.4. The molecule has 0 aliphatic carbocycles. The summed E-state index contributed by atoms with van der Waals surface area (Å²) in [7, 11) is 1.37. The number of hydrogen-bond acceptors (Lipinski definition) is 3. The van der Waals surface area contributed by atoms with Gasteiger partial charge in [-0.05, 0) is 24.3 Å². The number of amides is 1. The summed E-state index contributed by atoms with van der Waals surface area (Å²) in [6, 6.07) is 3.62. The molecule has 0 saturated carbocycles. The third-order valence-corrected chi connectivity index (χ3v) is 3.91. The predicted octanol–water partition coefficient (Wildman–Crippen LogP) is 4.48. The quantitative estimate of drug-likeness (QED) is 0.791. The minimum Gasteiger partial charge on any atom is -0.494 e. The molecular formula is C19H20F4N2O2. The molecule has 0 spiro atoms. The van der Waals surface area contributed by atoms with Crippen molar-refractivity contribution in [1.82, 2.24) is 10.3 Å². The number of methoxy groups -OCH3 is 1. The summed E-state index contributed by atoms with van der Waals surface area (Å²) in [5.41, 5.74) is -0.760. The minimum absolute atomic E-state index is 0.171. The monoisotopic (exact) mass is 384 g/mol. The third kappa shape index (κ3) is 4.96. The number of hydrogen-bond donors (Lipinski definition) is 1. The number of rotatable bonds is 4. The summed E-state index contributed by atoms with van der Waals surface area (Å²) in [6.07, 6.45) is -3.19. The molecule has 0 atom stereocenters. The van der Waals surface area contributed by atoms with Crippen LogP contribution in [-0.4, -0.2) is 18.0 Å². The number of nitrogens with one attached hydrogen (secondary N) is 1. The summed E-state index contributed by atoms with van der Waals surface area (Å²) in [5.74, 6) is -1.22. The molecule has 0 bridgehead atoms. The molecule has 146 valence electrons. The fraction of sp³-hybridized carbons (Fsp3) is 0.368. The summed E-state index contributed by atoms with van der Waals surface area (Å²) < 4.78 is 57.3. The van der Waals surface area contributed by atoms with Crippen LogP contribution in [0, 0.1) is 5.82 Å². The van der Waals surface area contributed by atoms with Crippen molar-refractivity contribution < 1.29 is 27.1 Å². The molecule has 0 radical (unpaired) electrons. The van der Waals surface area contributed by atoms with E-state index in [2.05, 4.69) is 10.3 Å². The third-order valence-electron chi connectivity index (χ3n) is 3.91. The Hall–Kier alpha value is -2.64. The number of ether oxygens (including phenoxy) is 1. The molecule has 1 N–H and O–H groups in total. The van der Waals surface area contributed by atoms with Crippen LogP contribution in [-0.2, 0) is 18.1 Å². The molecule has 0 unspecified atom stereocenters. The highest BCUT2D eigenvalue weighted by Crippen LogP contribution is 2.30. The van der Waals surface area contributed by atoms with Gasteiger partial charge in [-0.3, -0.25) is 9.78 Å². The fourth-order valence-corrected chi connectivity index (χ4v) is 2.35. The van der Waals surface area contributed by atoms with Crippen LogP contribution in [0.1, 0.15) is 48.0 Å². The van der Waals surface area contributed by atoms with Gasteiger partial charge in [-0.25, -0.2) is 4.39 Å². The molecule has 1 heterocycles. The molecule has 27 heavy (non-hydrogen) atoms. The maximum Gasteiger partial charge on any atom is 0.416 e. The lowest BCUT2D eigenvalue weighted by Gasteiger charge is -2.19. The molecule has 4 nitrogen and oxygen atoms in total. The van der Waals surface area contributed by atoms with Gasteiger partial charge in [0, 0.05) is 23.2 Å². The van der Waals surface area contributed by atoms with Crippen molar-refractivity contribution in [2.45, 2.75) is 38.9 Å². The number of aromatic nitrogens is 1. The Morgan fingerprint density at radius 1 is 1.19 bits per heavy atom. The average molecular weight is 384 g/mol. The first-order chi connectivity index (χ1) is 12.4. The first-order valence-corrected chi connectivity index (χ1v) is 8.12. The van der Waals surface area contributed by atoms with Crippen LogP contribution in [0.4, 0.5) is 17.6 Å². The van der Waals surface area contributed by atoms with Gasteiger partial charge in [0.25, 0.3) is 5.91 Å². The average Bonchev–Trinajstić information content (AvgIpc) is 2.58. The maximum atomic E-state index is 13.8. The lowest BCUT2D eigenvalue weighted by atomic mass is 9.90. The van der Waals surface area contributed by atoms with Crippen LogP contribution >= 0.6 is 0 Å². The van der Waals surface area contributed by atoms with Gasteiger partial charge in [0.15, 0.2) is 0 Å². The molecule has 1 amide bonds. The van der Waals surface area contributed by atoms with E-state index in [-0.39, 0.29) is 22.3 Å². The SMILES string of the molecule is COc1cnc(C(C)(C)C)cc1C(=O)NCc1cc(C(F)(F)F)ccc1F. The van der Waals surface area contributed by atoms with E-state index in [9.17, 15) is 22.4 Å². The fourth-order valence-electron chi connectivity index (χ4n) is 2.35. The lowest BCUT2D eigenvalue weighted by Crippen LogP contribution is -2.25. The highest BCUT2D eigenvalue weighted by Gasteiger charge is 2.31. The second kappa shape index (κ2) is 7.54. The van der Waals surface area contributed by atoms with Gasteiger partial charge in [-0.2, -0.15) is 13.2 Å². The van der Waals surface area contributed by atoms with Crippen molar-refractivity contribution >= 4 is 5.91 Å². The van der Waals surface area contributed by atoms with Crippen LogP contribution in [0.15, 0.2) is 30.5 Å². The normalized spacial score (nSPS) is 12.0. The van der Waals surface area contributed by atoms with Crippen molar-refractivity contribution in [3.63, 3.8) is 0 Å². The Balaban J connectivity index is 2.26. The van der Waals surface area contributed by atoms with Gasteiger partial charge in [0.2, 0.25) is 0 Å². The highest BCUT2D eigenvalue weighted by molar-refractivity contribution is 5.96. The Bertz CT molecular complexity index is 843. The second-order valence-electron chi connectivity index (χ2n) is 7.01. The summed E-state index contributed by atoms with van der Waals surface area (Å²) in [4.78, 5) is 16.8. The molecule has 2 rings (SSSR count). The van der Waals surface area contributed by atoms with Crippen LogP contribution < -0.4 is 10.1 Å². The van der Waals surface area contributed by atoms with E-state index in [4.69, 9.17) is 4.74 Å². The standard InChI is InChI=1S/C19H20F4N2O2/c1-18(2,3)16-8-13(15(27-4)10-24-16)17(26)25-9-11-7-12(19(21,22)23)5-6-14(11)20/h5-8,10H,9H2,1-4H3,(H,25,26). The number of pyridine rings is 1. The lowest BCUT2D eigenvalue weighted by molar-refractivity contribution is -0.137. The van der Waals surface area contributed by atoms with Crippen molar-refractivity contribution in [2.24, 2.45) is 0 Å². The van der Waals surface area contributed by atoms with Crippen LogP contribution in [0.3, 0.4) is 0 Å². The van der Waals surface area contributed by atoms with E-state index in [0.29, 0.717) is 17.8 Å². The molecule has 2 aromatic rings. The number of halogens is 4. The molecule has 0 saturated heterocycles. The van der Waals surface area contributed by atoms with Crippen LogP contribution in [0.2, 0.25) is 0 Å². The number of benzene rings is 1. The van der Waals surface area contributed by atoms with Gasteiger partial charge in [-0.1, -0.05) is 20.8 Å². The number of carbonyl (C=O) groups excluding carboxylic acids is 1.